The molecule has 2 N–H and O–H groups in total. The van der Waals surface area contributed by atoms with Crippen LogP contribution in [0.25, 0.3) is 0 Å². The van der Waals surface area contributed by atoms with Crippen LogP contribution in [-0.2, 0) is 4.74 Å². The monoisotopic (exact) mass is 434 g/mol. The van der Waals surface area contributed by atoms with E-state index in [4.69, 9.17) is 26.9 Å². The maximum Gasteiger partial charge on any atom is 0.232 e. The van der Waals surface area contributed by atoms with Crippen molar-refractivity contribution in [3.63, 3.8) is 0 Å². The second-order valence-electron chi connectivity index (χ2n) is 8.89. The van der Waals surface area contributed by atoms with Gasteiger partial charge in [0, 0.05) is 52.5 Å². The van der Waals surface area contributed by atoms with Crippen LogP contribution in [0.5, 0.6) is 0 Å². The van der Waals surface area contributed by atoms with E-state index in [1.54, 1.807) is 7.11 Å². The number of nitrogens with zero attached hydrogens (tertiary/aromatic N) is 4. The Hall–Kier alpha value is -1.67. The van der Waals surface area contributed by atoms with Crippen molar-refractivity contribution in [2.75, 3.05) is 61.6 Å². The van der Waals surface area contributed by atoms with Gasteiger partial charge in [-0.2, -0.15) is 9.97 Å². The van der Waals surface area contributed by atoms with E-state index in [2.05, 4.69) is 40.3 Å². The molecule has 2 saturated heterocycles. The van der Waals surface area contributed by atoms with E-state index in [0.717, 1.165) is 50.8 Å². The van der Waals surface area contributed by atoms with Crippen LogP contribution in [0, 0.1) is 11.8 Å². The zero-order valence-corrected chi connectivity index (χ0v) is 19.6. The Kier molecular flexibility index (Phi) is 8.93. The molecule has 0 radical (unpaired) electrons. The molecule has 8 heteroatoms. The van der Waals surface area contributed by atoms with Crippen LogP contribution in [0.15, 0.2) is 6.07 Å². The topological polar surface area (TPSA) is 65.6 Å². The smallest absolute Gasteiger partial charge is 0.232 e. The fourth-order valence-corrected chi connectivity index (χ4v) is 4.71. The number of thiocarbonyl (C=S) groups is 1. The summed E-state index contributed by atoms with van der Waals surface area (Å²) in [5.74, 6) is 3.95. The highest BCUT2D eigenvalue weighted by molar-refractivity contribution is 7.80. The fourth-order valence-electron chi connectivity index (χ4n) is 4.52. The van der Waals surface area contributed by atoms with Gasteiger partial charge >= 0.3 is 0 Å². The molecule has 0 unspecified atom stereocenters. The van der Waals surface area contributed by atoms with E-state index < -0.39 is 0 Å². The SMILES string of the molecule is COCCCNC(=S)Nc1nc(N2CCCCCC2)cc(N2C[C@@H](C)C[C@H](C)C2)n1. The van der Waals surface area contributed by atoms with Crippen molar-refractivity contribution in [1.29, 1.82) is 0 Å². The van der Waals surface area contributed by atoms with Crippen molar-refractivity contribution in [2.45, 2.75) is 52.4 Å². The van der Waals surface area contributed by atoms with Crippen LogP contribution in [0.3, 0.4) is 0 Å². The largest absolute Gasteiger partial charge is 0.385 e. The second kappa shape index (κ2) is 11.6. The van der Waals surface area contributed by atoms with Gasteiger partial charge in [-0.1, -0.05) is 26.7 Å². The highest BCUT2D eigenvalue weighted by atomic mass is 32.1. The molecular weight excluding hydrogens is 396 g/mol. The van der Waals surface area contributed by atoms with E-state index >= 15 is 0 Å². The Balaban J connectivity index is 1.78. The third-order valence-electron chi connectivity index (χ3n) is 5.86. The molecule has 30 heavy (non-hydrogen) atoms. The summed E-state index contributed by atoms with van der Waals surface area (Å²) in [6, 6.07) is 2.18. The van der Waals surface area contributed by atoms with Crippen molar-refractivity contribution in [1.82, 2.24) is 15.3 Å². The number of nitrogens with one attached hydrogen (secondary N) is 2. The molecule has 0 amide bonds. The maximum atomic E-state index is 5.47. The lowest BCUT2D eigenvalue weighted by Gasteiger charge is -2.36. The van der Waals surface area contributed by atoms with Crippen LogP contribution >= 0.6 is 12.2 Å². The molecule has 3 heterocycles. The number of aromatic nitrogens is 2. The molecule has 0 spiro atoms. The predicted molar refractivity (Wildman–Crippen MR) is 129 cm³/mol. The molecule has 0 aromatic carbocycles. The number of hydrogen-bond donors (Lipinski definition) is 2. The van der Waals surface area contributed by atoms with Crippen LogP contribution in [0.2, 0.25) is 0 Å². The van der Waals surface area contributed by atoms with Crippen LogP contribution < -0.4 is 20.4 Å². The lowest BCUT2D eigenvalue weighted by atomic mass is 9.92. The Labute approximate surface area is 187 Å². The van der Waals surface area contributed by atoms with Gasteiger partial charge in [0.2, 0.25) is 5.95 Å². The number of methoxy groups -OCH3 is 1. The van der Waals surface area contributed by atoms with E-state index in [1.165, 1.54) is 32.1 Å². The summed E-state index contributed by atoms with van der Waals surface area (Å²) in [5, 5.41) is 7.00. The molecule has 0 aliphatic carbocycles. The number of piperidine rings is 1. The van der Waals surface area contributed by atoms with Gasteiger partial charge in [0.05, 0.1) is 0 Å². The lowest BCUT2D eigenvalue weighted by Crippen LogP contribution is -2.39. The van der Waals surface area contributed by atoms with Gasteiger partial charge in [-0.15, -0.1) is 0 Å². The van der Waals surface area contributed by atoms with Gasteiger partial charge in [-0.3, -0.25) is 0 Å². The molecule has 2 aliphatic rings. The minimum absolute atomic E-state index is 0.561. The number of rotatable bonds is 7. The van der Waals surface area contributed by atoms with Crippen molar-refractivity contribution < 1.29 is 4.74 Å². The lowest BCUT2D eigenvalue weighted by molar-refractivity contribution is 0.196. The first-order chi connectivity index (χ1) is 14.5. The minimum Gasteiger partial charge on any atom is -0.385 e. The molecule has 1 aromatic heterocycles. The van der Waals surface area contributed by atoms with Crippen molar-refractivity contribution in [2.24, 2.45) is 11.8 Å². The number of ether oxygens (including phenoxy) is 1. The van der Waals surface area contributed by atoms with E-state index in [9.17, 15) is 0 Å². The Morgan fingerprint density at radius 3 is 2.33 bits per heavy atom. The van der Waals surface area contributed by atoms with Gasteiger partial charge in [0.15, 0.2) is 5.11 Å². The highest BCUT2D eigenvalue weighted by Gasteiger charge is 2.24. The van der Waals surface area contributed by atoms with Gasteiger partial charge in [0.25, 0.3) is 0 Å². The maximum absolute atomic E-state index is 5.47. The van der Waals surface area contributed by atoms with Crippen LogP contribution in [0.4, 0.5) is 17.6 Å². The standard InChI is InChI=1S/C22H38N6OS/c1-17-13-18(2)16-28(15-17)20-14-19(27-10-6-4-5-7-11-27)24-21(25-20)26-22(30)23-9-8-12-29-3/h14,17-18H,4-13,15-16H2,1-3H3,(H2,23,24,25,26,30)/t17-,18-/m0/s1. The predicted octanol–water partition coefficient (Wildman–Crippen LogP) is 3.66. The van der Waals surface area contributed by atoms with Crippen LogP contribution in [-0.4, -0.2) is 61.5 Å². The summed E-state index contributed by atoms with van der Waals surface area (Å²) in [4.78, 5) is 14.5. The molecule has 0 bridgehead atoms. The third-order valence-corrected chi connectivity index (χ3v) is 6.10. The van der Waals surface area contributed by atoms with Gasteiger partial charge in [0.1, 0.15) is 11.6 Å². The second-order valence-corrected chi connectivity index (χ2v) is 9.30. The molecule has 168 valence electrons. The van der Waals surface area contributed by atoms with Crippen molar-refractivity contribution in [3.8, 4) is 0 Å². The van der Waals surface area contributed by atoms with Gasteiger partial charge in [-0.05, 0) is 49.7 Å². The Morgan fingerprint density at radius 2 is 1.70 bits per heavy atom. The molecule has 2 atom stereocenters. The molecule has 7 nitrogen and oxygen atoms in total. The first-order valence-corrected chi connectivity index (χ1v) is 11.9. The Bertz CT molecular complexity index is 670. The van der Waals surface area contributed by atoms with E-state index in [-0.39, 0.29) is 0 Å². The number of hydrogen-bond acceptors (Lipinski definition) is 6. The number of anilines is 3. The fraction of sp³-hybridized carbons (Fsp3) is 0.773. The zero-order valence-electron chi connectivity index (χ0n) is 18.8. The third kappa shape index (κ3) is 6.94. The normalized spacial score (nSPS) is 22.5. The minimum atomic E-state index is 0.561. The first kappa shape index (κ1) is 23.0. The average Bonchev–Trinajstić information content (AvgIpc) is 3.00. The molecule has 0 saturated carbocycles. The van der Waals surface area contributed by atoms with Crippen molar-refractivity contribution in [3.05, 3.63) is 6.07 Å². The Morgan fingerprint density at radius 1 is 1.07 bits per heavy atom. The zero-order chi connectivity index (χ0) is 21.3. The summed E-state index contributed by atoms with van der Waals surface area (Å²) in [7, 11) is 1.71. The summed E-state index contributed by atoms with van der Waals surface area (Å²) in [6.07, 6.45) is 7.23. The van der Waals surface area contributed by atoms with Gasteiger partial charge in [-0.25, -0.2) is 0 Å². The van der Waals surface area contributed by atoms with Crippen molar-refractivity contribution >= 4 is 34.9 Å². The average molecular weight is 435 g/mol. The summed E-state index contributed by atoms with van der Waals surface area (Å²) in [5.41, 5.74) is 0. The van der Waals surface area contributed by atoms with E-state index in [1.807, 2.05) is 0 Å². The van der Waals surface area contributed by atoms with Crippen LogP contribution in [0.1, 0.15) is 52.4 Å². The van der Waals surface area contributed by atoms with E-state index in [0.29, 0.717) is 29.5 Å². The summed E-state index contributed by atoms with van der Waals surface area (Å²) in [6.45, 7) is 10.3. The first-order valence-electron chi connectivity index (χ1n) is 11.5. The molecule has 2 aliphatic heterocycles. The molecule has 3 rings (SSSR count). The molecular formula is C22H38N6OS. The summed E-state index contributed by atoms with van der Waals surface area (Å²) >= 11 is 5.47. The highest BCUT2D eigenvalue weighted by Crippen LogP contribution is 2.29. The summed E-state index contributed by atoms with van der Waals surface area (Å²) < 4.78 is 5.10. The molecule has 2 fully saturated rings. The quantitative estimate of drug-likeness (QED) is 0.498. The molecule has 1 aromatic rings. The van der Waals surface area contributed by atoms with Gasteiger partial charge < -0.3 is 25.2 Å².